The van der Waals surface area contributed by atoms with Gasteiger partial charge in [-0.1, -0.05) is 18.2 Å². The van der Waals surface area contributed by atoms with Crippen LogP contribution in [0.1, 0.15) is 18.4 Å². The number of rotatable bonds is 5. The van der Waals surface area contributed by atoms with E-state index < -0.39 is 21.6 Å². The van der Waals surface area contributed by atoms with E-state index in [1.165, 1.54) is 12.1 Å². The molecule has 1 saturated heterocycles. The van der Waals surface area contributed by atoms with Gasteiger partial charge in [0.2, 0.25) is 9.84 Å². The summed E-state index contributed by atoms with van der Waals surface area (Å²) in [6.45, 7) is 1.72. The van der Waals surface area contributed by atoms with Gasteiger partial charge in [0, 0.05) is 10.6 Å². The van der Waals surface area contributed by atoms with Crippen LogP contribution in [0.2, 0.25) is 0 Å². The number of hydrogen-bond acceptors (Lipinski definition) is 4. The second-order valence-corrected chi connectivity index (χ2v) is 9.49. The Bertz CT molecular complexity index is 878. The minimum Gasteiger partial charge on any atom is -0.317 e. The molecule has 0 unspecified atom stereocenters. The fraction of sp³-hybridized carbons (Fsp3) is 0.368. The van der Waals surface area contributed by atoms with Crippen LogP contribution in [0.5, 0.6) is 0 Å². The van der Waals surface area contributed by atoms with E-state index in [4.69, 9.17) is 0 Å². The second-order valence-electron chi connectivity index (χ2n) is 6.48. The van der Waals surface area contributed by atoms with Crippen molar-refractivity contribution in [2.45, 2.75) is 33.7 Å². The highest BCUT2D eigenvalue weighted by molar-refractivity contribution is 7.99. The lowest BCUT2D eigenvalue weighted by atomic mass is 10.0. The molecular formula is C19H20F3NO2S2. The van der Waals surface area contributed by atoms with Crippen molar-refractivity contribution >= 4 is 21.6 Å². The molecule has 8 heteroatoms. The van der Waals surface area contributed by atoms with Crippen LogP contribution in [0, 0.1) is 5.92 Å². The van der Waals surface area contributed by atoms with Gasteiger partial charge in [-0.3, -0.25) is 0 Å². The Balaban J connectivity index is 1.93. The molecule has 1 N–H and O–H groups in total. The number of halogens is 3. The van der Waals surface area contributed by atoms with E-state index in [2.05, 4.69) is 5.32 Å². The summed E-state index contributed by atoms with van der Waals surface area (Å²) in [7, 11) is -3.86. The van der Waals surface area contributed by atoms with Crippen LogP contribution in [0.3, 0.4) is 0 Å². The molecule has 3 nitrogen and oxygen atoms in total. The number of thioether (sulfide) groups is 1. The van der Waals surface area contributed by atoms with Crippen molar-refractivity contribution in [3.05, 3.63) is 54.1 Å². The number of piperidine rings is 1. The Morgan fingerprint density at radius 2 is 1.67 bits per heavy atom. The van der Waals surface area contributed by atoms with Gasteiger partial charge in [-0.2, -0.15) is 13.2 Å². The first-order valence-electron chi connectivity index (χ1n) is 8.63. The summed E-state index contributed by atoms with van der Waals surface area (Å²) in [5.74, 6) is 0.867. The van der Waals surface area contributed by atoms with E-state index >= 15 is 0 Å². The van der Waals surface area contributed by atoms with E-state index in [9.17, 15) is 21.6 Å². The number of hydrogen-bond donors (Lipinski definition) is 1. The van der Waals surface area contributed by atoms with E-state index in [0.717, 1.165) is 55.9 Å². The van der Waals surface area contributed by atoms with E-state index in [0.29, 0.717) is 11.7 Å². The summed E-state index contributed by atoms with van der Waals surface area (Å²) in [5.41, 5.74) is -0.784. The lowest BCUT2D eigenvalue weighted by molar-refractivity contribution is -0.139. The third-order valence-corrected chi connectivity index (χ3v) is 7.61. The number of alkyl halides is 3. The molecular weight excluding hydrogens is 395 g/mol. The summed E-state index contributed by atoms with van der Waals surface area (Å²) in [6, 6.07) is 10.8. The van der Waals surface area contributed by atoms with Crippen LogP contribution in [0.4, 0.5) is 13.2 Å². The van der Waals surface area contributed by atoms with Gasteiger partial charge >= 0.3 is 6.18 Å². The van der Waals surface area contributed by atoms with Gasteiger partial charge in [-0.25, -0.2) is 8.42 Å². The molecule has 146 valence electrons. The number of sulfone groups is 1. The van der Waals surface area contributed by atoms with Crippen molar-refractivity contribution in [2.75, 3.05) is 18.8 Å². The van der Waals surface area contributed by atoms with Gasteiger partial charge in [0.15, 0.2) is 0 Å². The summed E-state index contributed by atoms with van der Waals surface area (Å²) < 4.78 is 65.7. The van der Waals surface area contributed by atoms with Crippen LogP contribution in [-0.2, 0) is 16.0 Å². The average Bonchev–Trinajstić information content (AvgIpc) is 2.67. The van der Waals surface area contributed by atoms with E-state index in [-0.39, 0.29) is 14.7 Å². The van der Waals surface area contributed by atoms with Crippen LogP contribution in [-0.4, -0.2) is 27.3 Å². The Morgan fingerprint density at radius 3 is 2.30 bits per heavy atom. The SMILES string of the molecule is O=S(=O)(c1ccccc1)c1ccc(C(F)(F)F)c(SCC2CCNCC2)c1. The van der Waals surface area contributed by atoms with Crippen LogP contribution in [0.25, 0.3) is 0 Å². The van der Waals surface area contributed by atoms with Gasteiger partial charge in [0.05, 0.1) is 15.4 Å². The first-order valence-corrected chi connectivity index (χ1v) is 11.1. The van der Waals surface area contributed by atoms with Gasteiger partial charge in [0.25, 0.3) is 0 Å². The molecule has 0 radical (unpaired) electrons. The average molecular weight is 416 g/mol. The minimum atomic E-state index is -4.52. The van der Waals surface area contributed by atoms with Gasteiger partial charge in [-0.05, 0) is 62.2 Å². The van der Waals surface area contributed by atoms with Crippen molar-refractivity contribution < 1.29 is 21.6 Å². The Hall–Kier alpha value is -1.51. The fourth-order valence-corrected chi connectivity index (χ4v) is 5.70. The minimum absolute atomic E-state index is 0.0296. The molecule has 2 aromatic rings. The molecule has 1 aliphatic heterocycles. The quantitative estimate of drug-likeness (QED) is 0.724. The summed E-state index contributed by atoms with van der Waals surface area (Å²) in [5, 5.41) is 3.23. The Labute approximate surface area is 161 Å². The second kappa shape index (κ2) is 8.24. The zero-order valence-corrected chi connectivity index (χ0v) is 16.1. The molecule has 27 heavy (non-hydrogen) atoms. The molecule has 0 saturated carbocycles. The van der Waals surface area contributed by atoms with E-state index in [1.807, 2.05) is 0 Å². The smallest absolute Gasteiger partial charge is 0.317 e. The highest BCUT2D eigenvalue weighted by Crippen LogP contribution is 2.39. The number of benzene rings is 2. The molecule has 0 amide bonds. The monoisotopic (exact) mass is 415 g/mol. The predicted octanol–water partition coefficient (Wildman–Crippen LogP) is 4.63. The predicted molar refractivity (Wildman–Crippen MR) is 99.7 cm³/mol. The molecule has 3 rings (SSSR count). The van der Waals surface area contributed by atoms with E-state index in [1.54, 1.807) is 18.2 Å². The molecule has 0 aliphatic carbocycles. The standard InChI is InChI=1S/C19H20F3NO2S2/c20-19(21,22)17-7-6-16(27(24,25)15-4-2-1-3-5-15)12-18(17)26-13-14-8-10-23-11-9-14/h1-7,12,14,23H,8-11,13H2. The van der Waals surface area contributed by atoms with Crippen molar-refractivity contribution in [1.29, 1.82) is 0 Å². The van der Waals surface area contributed by atoms with Gasteiger partial charge < -0.3 is 5.32 Å². The van der Waals surface area contributed by atoms with Crippen molar-refractivity contribution in [1.82, 2.24) is 5.32 Å². The highest BCUT2D eigenvalue weighted by Gasteiger charge is 2.34. The highest BCUT2D eigenvalue weighted by atomic mass is 32.2. The maximum absolute atomic E-state index is 13.4. The molecule has 1 heterocycles. The summed E-state index contributed by atoms with van der Waals surface area (Å²) in [4.78, 5) is -0.0772. The molecule has 1 aliphatic rings. The first kappa shape index (κ1) is 20.2. The summed E-state index contributed by atoms with van der Waals surface area (Å²) >= 11 is 1.09. The summed E-state index contributed by atoms with van der Waals surface area (Å²) in [6.07, 6.45) is -2.70. The zero-order chi connectivity index (χ0) is 19.5. The molecule has 1 fully saturated rings. The molecule has 0 atom stereocenters. The number of nitrogens with one attached hydrogen (secondary N) is 1. The van der Waals surface area contributed by atoms with Crippen LogP contribution in [0.15, 0.2) is 63.2 Å². The Morgan fingerprint density at radius 1 is 1.00 bits per heavy atom. The Kier molecular flexibility index (Phi) is 6.18. The maximum atomic E-state index is 13.4. The first-order chi connectivity index (χ1) is 12.8. The largest absolute Gasteiger partial charge is 0.417 e. The van der Waals surface area contributed by atoms with Crippen LogP contribution < -0.4 is 5.32 Å². The molecule has 0 bridgehead atoms. The lowest BCUT2D eigenvalue weighted by Crippen LogP contribution is -2.28. The molecule has 0 spiro atoms. The molecule has 0 aromatic heterocycles. The normalized spacial score (nSPS) is 16.4. The third kappa shape index (κ3) is 4.86. The lowest BCUT2D eigenvalue weighted by Gasteiger charge is -2.23. The maximum Gasteiger partial charge on any atom is 0.417 e. The van der Waals surface area contributed by atoms with Gasteiger partial charge in [-0.15, -0.1) is 11.8 Å². The van der Waals surface area contributed by atoms with Crippen molar-refractivity contribution in [3.63, 3.8) is 0 Å². The van der Waals surface area contributed by atoms with Crippen molar-refractivity contribution in [2.24, 2.45) is 5.92 Å². The fourth-order valence-electron chi connectivity index (χ4n) is 3.02. The van der Waals surface area contributed by atoms with Crippen molar-refractivity contribution in [3.8, 4) is 0 Å². The van der Waals surface area contributed by atoms with Gasteiger partial charge in [0.1, 0.15) is 0 Å². The zero-order valence-electron chi connectivity index (χ0n) is 14.5. The van der Waals surface area contributed by atoms with Crippen LogP contribution >= 0.6 is 11.8 Å². The molecule has 2 aromatic carbocycles. The topological polar surface area (TPSA) is 46.2 Å². The third-order valence-electron chi connectivity index (χ3n) is 4.56.